The quantitative estimate of drug-likeness (QED) is 0.869. The second-order valence-electron chi connectivity index (χ2n) is 3.96. The number of nitrogens with one attached hydrogen (secondary N) is 1. The van der Waals surface area contributed by atoms with Gasteiger partial charge in [-0.3, -0.25) is 9.59 Å². The molecule has 6 heteroatoms. The number of aryl methyl sites for hydroxylation is 1. The van der Waals surface area contributed by atoms with Crippen molar-refractivity contribution < 1.29 is 9.53 Å². The van der Waals surface area contributed by atoms with Crippen LogP contribution in [-0.4, -0.2) is 23.0 Å². The maximum atomic E-state index is 11.8. The number of aromatic nitrogens is 2. The van der Waals surface area contributed by atoms with Gasteiger partial charge < -0.3 is 9.72 Å². The molecule has 0 radical (unpaired) electrons. The van der Waals surface area contributed by atoms with Gasteiger partial charge in [-0.2, -0.15) is 0 Å². The van der Waals surface area contributed by atoms with Crippen molar-refractivity contribution in [3.8, 4) is 0 Å². The van der Waals surface area contributed by atoms with Gasteiger partial charge in [-0.05, 0) is 18.6 Å². The van der Waals surface area contributed by atoms with Gasteiger partial charge in [-0.15, -0.1) is 12.4 Å². The number of halogens is 1. The van der Waals surface area contributed by atoms with E-state index in [1.807, 2.05) is 6.07 Å². The van der Waals surface area contributed by atoms with Crippen LogP contribution in [0.1, 0.15) is 18.7 Å². The monoisotopic (exact) mass is 282 g/mol. The largest absolute Gasteiger partial charge is 0.469 e. The first-order valence-electron chi connectivity index (χ1n) is 5.75. The predicted molar refractivity (Wildman–Crippen MR) is 74.6 cm³/mol. The lowest BCUT2D eigenvalue weighted by Crippen LogP contribution is -2.12. The van der Waals surface area contributed by atoms with Gasteiger partial charge in [0.05, 0.1) is 18.0 Å². The molecule has 2 aromatic rings. The summed E-state index contributed by atoms with van der Waals surface area (Å²) in [6.45, 7) is 0. The lowest BCUT2D eigenvalue weighted by Gasteiger charge is -2.02. The van der Waals surface area contributed by atoms with Crippen molar-refractivity contribution in [1.82, 2.24) is 9.97 Å². The van der Waals surface area contributed by atoms with Gasteiger partial charge in [0.1, 0.15) is 5.82 Å². The summed E-state index contributed by atoms with van der Waals surface area (Å²) in [5, 5.41) is 0.578. The van der Waals surface area contributed by atoms with Crippen LogP contribution in [0.15, 0.2) is 29.1 Å². The zero-order valence-corrected chi connectivity index (χ0v) is 11.3. The molecule has 102 valence electrons. The molecule has 0 bridgehead atoms. The number of fused-ring (bicyclic) bond motifs is 1. The first-order valence-corrected chi connectivity index (χ1v) is 5.75. The van der Waals surface area contributed by atoms with Crippen LogP contribution in [-0.2, 0) is 16.0 Å². The third kappa shape index (κ3) is 3.79. The maximum absolute atomic E-state index is 11.8. The molecule has 5 nitrogen and oxygen atoms in total. The number of methoxy groups -OCH3 is 1. The van der Waals surface area contributed by atoms with Crippen molar-refractivity contribution in [3.63, 3.8) is 0 Å². The van der Waals surface area contributed by atoms with E-state index in [1.165, 1.54) is 7.11 Å². The summed E-state index contributed by atoms with van der Waals surface area (Å²) < 4.78 is 4.55. The van der Waals surface area contributed by atoms with E-state index >= 15 is 0 Å². The number of carbonyl (C=O) groups is 1. The molecule has 0 aliphatic heterocycles. The Kier molecular flexibility index (Phi) is 5.51. The van der Waals surface area contributed by atoms with Gasteiger partial charge in [0.15, 0.2) is 0 Å². The smallest absolute Gasteiger partial charge is 0.305 e. The zero-order valence-electron chi connectivity index (χ0n) is 10.5. The summed E-state index contributed by atoms with van der Waals surface area (Å²) in [6.07, 6.45) is 1.48. The molecular formula is C13H15ClN2O3. The molecule has 0 saturated carbocycles. The fraction of sp³-hybridized carbons (Fsp3) is 0.308. The van der Waals surface area contributed by atoms with E-state index < -0.39 is 0 Å². The van der Waals surface area contributed by atoms with Crippen LogP contribution in [0.25, 0.3) is 10.9 Å². The Morgan fingerprint density at radius 3 is 2.84 bits per heavy atom. The van der Waals surface area contributed by atoms with Gasteiger partial charge in [0, 0.05) is 12.8 Å². The summed E-state index contributed by atoms with van der Waals surface area (Å²) in [7, 11) is 1.36. The van der Waals surface area contributed by atoms with E-state index in [1.54, 1.807) is 18.2 Å². The number of carbonyl (C=O) groups excluding carboxylic acids is 1. The number of esters is 1. The number of nitrogens with zero attached hydrogens (tertiary/aromatic N) is 1. The Morgan fingerprint density at radius 1 is 1.37 bits per heavy atom. The van der Waals surface area contributed by atoms with Gasteiger partial charge in [0.25, 0.3) is 5.56 Å². The second kappa shape index (κ2) is 6.89. The molecule has 0 fully saturated rings. The van der Waals surface area contributed by atoms with E-state index in [4.69, 9.17) is 0 Å². The van der Waals surface area contributed by atoms with Crippen molar-refractivity contribution in [2.45, 2.75) is 19.3 Å². The number of hydrogen-bond acceptors (Lipinski definition) is 4. The Morgan fingerprint density at radius 2 is 2.11 bits per heavy atom. The van der Waals surface area contributed by atoms with Crippen molar-refractivity contribution in [2.75, 3.05) is 7.11 Å². The van der Waals surface area contributed by atoms with Crippen molar-refractivity contribution in [2.24, 2.45) is 0 Å². The minimum atomic E-state index is -0.252. The van der Waals surface area contributed by atoms with Crippen molar-refractivity contribution in [1.29, 1.82) is 0 Å². The molecule has 1 heterocycles. The van der Waals surface area contributed by atoms with E-state index in [9.17, 15) is 9.59 Å². The number of benzene rings is 1. The summed E-state index contributed by atoms with van der Waals surface area (Å²) >= 11 is 0. The lowest BCUT2D eigenvalue weighted by atomic mass is 10.2. The van der Waals surface area contributed by atoms with Gasteiger partial charge in [-0.25, -0.2) is 4.98 Å². The highest BCUT2D eigenvalue weighted by atomic mass is 35.5. The molecule has 1 aromatic carbocycles. The highest BCUT2D eigenvalue weighted by Crippen LogP contribution is 2.07. The maximum Gasteiger partial charge on any atom is 0.305 e. The van der Waals surface area contributed by atoms with Crippen LogP contribution in [0, 0.1) is 0 Å². The average Bonchev–Trinajstić information content (AvgIpc) is 2.38. The third-order valence-corrected chi connectivity index (χ3v) is 2.68. The highest BCUT2D eigenvalue weighted by molar-refractivity contribution is 5.85. The van der Waals surface area contributed by atoms with Crippen LogP contribution < -0.4 is 5.56 Å². The minimum Gasteiger partial charge on any atom is -0.469 e. The van der Waals surface area contributed by atoms with Crippen LogP contribution in [0.3, 0.4) is 0 Å². The molecule has 0 amide bonds. The standard InChI is InChI=1S/C13H14N2O3.ClH/c1-18-12(16)8-4-7-11-14-10-6-3-2-5-9(10)13(17)15-11;/h2-3,5-6H,4,7-8H2,1H3,(H,14,15,17);1H. The van der Waals surface area contributed by atoms with E-state index in [-0.39, 0.29) is 23.9 Å². The van der Waals surface area contributed by atoms with Gasteiger partial charge >= 0.3 is 5.97 Å². The lowest BCUT2D eigenvalue weighted by molar-refractivity contribution is -0.140. The molecule has 0 atom stereocenters. The second-order valence-corrected chi connectivity index (χ2v) is 3.96. The molecule has 1 N–H and O–H groups in total. The Bertz CT molecular complexity index is 625. The highest BCUT2D eigenvalue weighted by Gasteiger charge is 2.05. The average molecular weight is 283 g/mol. The van der Waals surface area contributed by atoms with Crippen LogP contribution in [0.2, 0.25) is 0 Å². The molecule has 19 heavy (non-hydrogen) atoms. The van der Waals surface area contributed by atoms with Crippen molar-refractivity contribution in [3.05, 3.63) is 40.4 Å². The molecule has 2 rings (SSSR count). The normalized spacial score (nSPS) is 9.95. The molecule has 0 aliphatic rings. The predicted octanol–water partition coefficient (Wildman–Crippen LogP) is 1.84. The zero-order chi connectivity index (χ0) is 13.0. The first kappa shape index (κ1) is 15.2. The third-order valence-electron chi connectivity index (χ3n) is 2.68. The van der Waals surface area contributed by atoms with Gasteiger partial charge in [-0.1, -0.05) is 12.1 Å². The minimum absolute atomic E-state index is 0. The van der Waals surface area contributed by atoms with E-state index in [0.29, 0.717) is 36.0 Å². The fourth-order valence-corrected chi connectivity index (χ4v) is 1.76. The molecular weight excluding hydrogens is 268 g/mol. The molecule has 0 saturated heterocycles. The number of aromatic amines is 1. The van der Waals surface area contributed by atoms with Gasteiger partial charge in [0.2, 0.25) is 0 Å². The Labute approximate surface area is 116 Å². The molecule has 1 aromatic heterocycles. The van der Waals surface area contributed by atoms with Crippen LogP contribution >= 0.6 is 12.4 Å². The van der Waals surface area contributed by atoms with Crippen LogP contribution in [0.4, 0.5) is 0 Å². The van der Waals surface area contributed by atoms with Crippen LogP contribution in [0.5, 0.6) is 0 Å². The Balaban J connectivity index is 0.00000180. The molecule has 0 unspecified atom stereocenters. The number of rotatable bonds is 4. The fourth-order valence-electron chi connectivity index (χ4n) is 1.76. The van der Waals surface area contributed by atoms with E-state index in [0.717, 1.165) is 0 Å². The number of H-pyrrole nitrogens is 1. The Hall–Kier alpha value is -1.88. The van der Waals surface area contributed by atoms with E-state index in [2.05, 4.69) is 14.7 Å². The topological polar surface area (TPSA) is 72.0 Å². The SMILES string of the molecule is COC(=O)CCCc1nc2ccccc2c(=O)[nH]1.Cl. The number of hydrogen-bond donors (Lipinski definition) is 1. The molecule has 0 spiro atoms. The summed E-state index contributed by atoms with van der Waals surface area (Å²) in [5.41, 5.74) is 0.531. The molecule has 0 aliphatic carbocycles. The summed E-state index contributed by atoms with van der Waals surface area (Å²) in [6, 6.07) is 7.18. The number of para-hydroxylation sites is 1. The summed E-state index contributed by atoms with van der Waals surface area (Å²) in [5.74, 6) is 0.348. The number of ether oxygens (including phenoxy) is 1. The summed E-state index contributed by atoms with van der Waals surface area (Å²) in [4.78, 5) is 29.8. The first-order chi connectivity index (χ1) is 8.70. The van der Waals surface area contributed by atoms with Crippen molar-refractivity contribution >= 4 is 29.3 Å².